The number of halogens is 1. The van der Waals surface area contributed by atoms with Crippen LogP contribution in [0.15, 0.2) is 47.4 Å². The number of benzene rings is 2. The van der Waals surface area contributed by atoms with E-state index in [0.29, 0.717) is 11.1 Å². The minimum Gasteiger partial charge on any atom is -0.612 e. The van der Waals surface area contributed by atoms with E-state index in [2.05, 4.69) is 0 Å². The van der Waals surface area contributed by atoms with E-state index < -0.39 is 11.2 Å². The molecule has 20 heavy (non-hydrogen) atoms. The van der Waals surface area contributed by atoms with Gasteiger partial charge in [0, 0.05) is 0 Å². The molecule has 1 atom stereocenters. The monoisotopic (exact) mass is 285 g/mol. The Morgan fingerprint density at radius 1 is 1.15 bits per heavy atom. The quantitative estimate of drug-likeness (QED) is 0.639. The highest BCUT2D eigenvalue weighted by Crippen LogP contribution is 2.16. The lowest BCUT2D eigenvalue weighted by Gasteiger charge is -2.03. The molecule has 0 radical (unpaired) electrons. The fraction of sp³-hybridized carbons (Fsp3) is 0.0625. The molecule has 0 aliphatic heterocycles. The summed E-state index contributed by atoms with van der Waals surface area (Å²) in [6.45, 7) is 0. The zero-order valence-electron chi connectivity index (χ0n) is 10.8. The van der Waals surface area contributed by atoms with Crippen LogP contribution in [0.2, 0.25) is 0 Å². The molecule has 0 saturated carbocycles. The molecule has 4 heteroatoms. The van der Waals surface area contributed by atoms with Gasteiger partial charge in [-0.05, 0) is 64.8 Å². The van der Waals surface area contributed by atoms with Crippen molar-refractivity contribution in [2.45, 2.75) is 4.90 Å². The zero-order valence-corrected chi connectivity index (χ0v) is 11.7. The lowest BCUT2D eigenvalue weighted by molar-refractivity contribution is 0.601. The second-order valence-electron chi connectivity index (χ2n) is 4.20. The van der Waals surface area contributed by atoms with Gasteiger partial charge in [0.25, 0.3) is 0 Å². The summed E-state index contributed by atoms with van der Waals surface area (Å²) in [7, 11) is 0. The minimum absolute atomic E-state index is 0.375. The van der Waals surface area contributed by atoms with Crippen LogP contribution in [0, 0.1) is 17.1 Å². The molecule has 2 aromatic rings. The average Bonchev–Trinajstić information content (AvgIpc) is 2.45. The maximum absolute atomic E-state index is 13.2. The second-order valence-corrected chi connectivity index (χ2v) is 5.58. The van der Waals surface area contributed by atoms with E-state index >= 15 is 0 Å². The summed E-state index contributed by atoms with van der Waals surface area (Å²) < 4.78 is 24.4. The topological polar surface area (TPSA) is 46.8 Å². The summed E-state index contributed by atoms with van der Waals surface area (Å²) in [6.07, 6.45) is 5.11. The van der Waals surface area contributed by atoms with E-state index in [1.54, 1.807) is 30.5 Å². The lowest BCUT2D eigenvalue weighted by Crippen LogP contribution is -1.96. The van der Waals surface area contributed by atoms with Gasteiger partial charge in [-0.3, -0.25) is 0 Å². The van der Waals surface area contributed by atoms with Crippen molar-refractivity contribution < 1.29 is 8.94 Å². The first kappa shape index (κ1) is 14.3. The van der Waals surface area contributed by atoms with E-state index in [1.165, 1.54) is 18.2 Å². The molecule has 0 fully saturated rings. The first-order valence-electron chi connectivity index (χ1n) is 5.91. The van der Waals surface area contributed by atoms with Crippen molar-refractivity contribution in [1.29, 1.82) is 5.26 Å². The highest BCUT2D eigenvalue weighted by atomic mass is 32.2. The normalized spacial score (nSPS) is 12.3. The van der Waals surface area contributed by atoms with Gasteiger partial charge in [-0.2, -0.15) is 5.26 Å². The number of hydrogen-bond donors (Lipinski definition) is 0. The standard InChI is InChI=1S/C16H12FNOS/c1-20(19)16-8-3-12(4-9-16)2-5-13-10-15(17)7-6-14(13)11-18/h2-10H,1H3/b5-2-. The van der Waals surface area contributed by atoms with Crippen molar-refractivity contribution in [2.75, 3.05) is 6.26 Å². The third-order valence-corrected chi connectivity index (χ3v) is 3.74. The predicted octanol–water partition coefficient (Wildman–Crippen LogP) is 3.61. The van der Waals surface area contributed by atoms with Gasteiger partial charge >= 0.3 is 0 Å². The molecule has 1 unspecified atom stereocenters. The highest BCUT2D eigenvalue weighted by Gasteiger charge is 2.03. The fourth-order valence-corrected chi connectivity index (χ4v) is 2.25. The molecule has 0 heterocycles. The minimum atomic E-state index is -1.00. The molecule has 100 valence electrons. The van der Waals surface area contributed by atoms with Gasteiger partial charge < -0.3 is 4.55 Å². The summed E-state index contributed by atoms with van der Waals surface area (Å²) in [5.41, 5.74) is 1.86. The molecule has 0 bridgehead atoms. The fourth-order valence-electron chi connectivity index (χ4n) is 1.73. The maximum atomic E-state index is 13.2. The average molecular weight is 285 g/mol. The summed E-state index contributed by atoms with van der Waals surface area (Å²) in [5, 5.41) is 8.96. The molecule has 0 spiro atoms. The van der Waals surface area contributed by atoms with Crippen LogP contribution in [0.25, 0.3) is 12.2 Å². The summed E-state index contributed by atoms with van der Waals surface area (Å²) in [5.74, 6) is -0.375. The number of nitrogens with zero attached hydrogens (tertiary/aromatic N) is 1. The first-order chi connectivity index (χ1) is 9.60. The molecule has 0 aliphatic carbocycles. The molecule has 0 aliphatic rings. The molecule has 0 amide bonds. The van der Waals surface area contributed by atoms with Crippen LogP contribution in [-0.4, -0.2) is 10.8 Å². The first-order valence-corrected chi connectivity index (χ1v) is 7.47. The lowest BCUT2D eigenvalue weighted by atomic mass is 10.1. The Labute approximate surface area is 120 Å². The van der Waals surface area contributed by atoms with Crippen LogP contribution in [-0.2, 0) is 11.2 Å². The third-order valence-electron chi connectivity index (χ3n) is 2.80. The second kappa shape index (κ2) is 6.38. The van der Waals surface area contributed by atoms with Gasteiger partial charge in [0.1, 0.15) is 12.1 Å². The van der Waals surface area contributed by atoms with Crippen LogP contribution in [0.1, 0.15) is 16.7 Å². The van der Waals surface area contributed by atoms with E-state index in [0.717, 1.165) is 10.5 Å². The van der Waals surface area contributed by atoms with Gasteiger partial charge in [0.15, 0.2) is 4.90 Å². The van der Waals surface area contributed by atoms with Crippen molar-refractivity contribution in [3.63, 3.8) is 0 Å². The smallest absolute Gasteiger partial charge is 0.152 e. The zero-order chi connectivity index (χ0) is 14.5. The van der Waals surface area contributed by atoms with Gasteiger partial charge in [-0.1, -0.05) is 12.2 Å². The van der Waals surface area contributed by atoms with Crippen molar-refractivity contribution in [1.82, 2.24) is 0 Å². The molecule has 2 rings (SSSR count). The molecule has 2 aromatic carbocycles. The largest absolute Gasteiger partial charge is 0.612 e. The van der Waals surface area contributed by atoms with Crippen LogP contribution in [0.4, 0.5) is 4.39 Å². The van der Waals surface area contributed by atoms with Crippen LogP contribution in [0.3, 0.4) is 0 Å². The summed E-state index contributed by atoms with van der Waals surface area (Å²) in [6, 6.07) is 13.3. The molecular formula is C16H12FNOS. The summed E-state index contributed by atoms with van der Waals surface area (Å²) >= 11 is -1.00. The van der Waals surface area contributed by atoms with Crippen molar-refractivity contribution in [2.24, 2.45) is 0 Å². The Kier molecular flexibility index (Phi) is 4.57. The molecule has 0 saturated heterocycles. The Morgan fingerprint density at radius 2 is 1.85 bits per heavy atom. The van der Waals surface area contributed by atoms with Gasteiger partial charge in [-0.15, -0.1) is 0 Å². The van der Waals surface area contributed by atoms with Crippen LogP contribution in [0.5, 0.6) is 0 Å². The SMILES string of the molecule is C[S+]([O-])c1ccc(/C=C\c2cc(F)ccc2C#N)cc1. The molecule has 0 N–H and O–H groups in total. The molecular weight excluding hydrogens is 273 g/mol. The maximum Gasteiger partial charge on any atom is 0.152 e. The van der Waals surface area contributed by atoms with Crippen molar-refractivity contribution in [3.05, 3.63) is 65.0 Å². The molecule has 2 nitrogen and oxygen atoms in total. The van der Waals surface area contributed by atoms with E-state index in [1.807, 2.05) is 18.2 Å². The third kappa shape index (κ3) is 3.47. The van der Waals surface area contributed by atoms with Crippen molar-refractivity contribution in [3.8, 4) is 6.07 Å². The number of nitriles is 1. The van der Waals surface area contributed by atoms with Gasteiger partial charge in [0.05, 0.1) is 11.6 Å². The predicted molar refractivity (Wildman–Crippen MR) is 78.8 cm³/mol. The highest BCUT2D eigenvalue weighted by molar-refractivity contribution is 7.90. The van der Waals surface area contributed by atoms with Crippen LogP contribution >= 0.6 is 0 Å². The number of rotatable bonds is 3. The molecule has 0 aromatic heterocycles. The Bertz CT molecular complexity index is 672. The number of hydrogen-bond acceptors (Lipinski definition) is 2. The Morgan fingerprint density at radius 3 is 2.45 bits per heavy atom. The van der Waals surface area contributed by atoms with E-state index in [-0.39, 0.29) is 5.82 Å². The van der Waals surface area contributed by atoms with Crippen LogP contribution < -0.4 is 0 Å². The summed E-state index contributed by atoms with van der Waals surface area (Å²) in [4.78, 5) is 0.755. The Hall–Kier alpha value is -2.09. The van der Waals surface area contributed by atoms with Crippen molar-refractivity contribution >= 4 is 23.3 Å². The van der Waals surface area contributed by atoms with E-state index in [9.17, 15) is 8.94 Å². The van der Waals surface area contributed by atoms with Gasteiger partial charge in [0.2, 0.25) is 0 Å². The van der Waals surface area contributed by atoms with E-state index in [4.69, 9.17) is 5.26 Å². The van der Waals surface area contributed by atoms with Gasteiger partial charge in [-0.25, -0.2) is 4.39 Å². The Balaban J connectivity index is 2.25.